The van der Waals surface area contributed by atoms with Gasteiger partial charge in [0.25, 0.3) is 0 Å². The normalized spacial score (nSPS) is 17.1. The summed E-state index contributed by atoms with van der Waals surface area (Å²) in [7, 11) is 0. The Balaban J connectivity index is 0.00000242. The molecule has 23 heavy (non-hydrogen) atoms. The quantitative estimate of drug-likeness (QED) is 0.845. The fraction of sp³-hybridized carbons (Fsp3) is 0.600. The van der Waals surface area contributed by atoms with Crippen molar-refractivity contribution in [1.29, 1.82) is 0 Å². The van der Waals surface area contributed by atoms with Crippen LogP contribution >= 0.6 is 24.8 Å². The van der Waals surface area contributed by atoms with E-state index in [-0.39, 0.29) is 30.6 Å². The third-order valence-electron chi connectivity index (χ3n) is 3.93. The second-order valence-electron chi connectivity index (χ2n) is 5.61. The van der Waals surface area contributed by atoms with Crippen LogP contribution in [0.25, 0.3) is 0 Å². The second kappa shape index (κ2) is 8.97. The van der Waals surface area contributed by atoms with E-state index in [2.05, 4.69) is 5.32 Å². The Labute approximate surface area is 147 Å². The molecule has 0 unspecified atom stereocenters. The van der Waals surface area contributed by atoms with Crippen LogP contribution in [0, 0.1) is 13.8 Å². The lowest BCUT2D eigenvalue weighted by Crippen LogP contribution is -2.46. The van der Waals surface area contributed by atoms with E-state index >= 15 is 0 Å². The highest BCUT2D eigenvalue weighted by molar-refractivity contribution is 5.85. The number of piperazine rings is 1. The van der Waals surface area contributed by atoms with Gasteiger partial charge in [0.15, 0.2) is 0 Å². The molecule has 0 saturated carbocycles. The first-order valence-corrected chi connectivity index (χ1v) is 7.09. The van der Waals surface area contributed by atoms with E-state index in [0.29, 0.717) is 42.9 Å². The minimum Gasteiger partial charge on any atom is -0.508 e. The summed E-state index contributed by atoms with van der Waals surface area (Å²) >= 11 is 0. The molecule has 8 heteroatoms. The van der Waals surface area contributed by atoms with Crippen molar-refractivity contribution < 1.29 is 18.3 Å². The van der Waals surface area contributed by atoms with Crippen molar-refractivity contribution in [3.8, 4) is 5.75 Å². The van der Waals surface area contributed by atoms with Crippen LogP contribution in [0.4, 0.5) is 13.2 Å². The van der Waals surface area contributed by atoms with E-state index < -0.39 is 18.6 Å². The van der Waals surface area contributed by atoms with E-state index in [4.69, 9.17) is 0 Å². The molecule has 0 aliphatic carbocycles. The summed E-state index contributed by atoms with van der Waals surface area (Å²) in [5, 5.41) is 12.8. The Hall–Kier alpha value is -0.690. The highest BCUT2D eigenvalue weighted by Gasteiger charge is 2.37. The van der Waals surface area contributed by atoms with Gasteiger partial charge in [-0.3, -0.25) is 4.90 Å². The van der Waals surface area contributed by atoms with E-state index in [1.807, 2.05) is 4.90 Å². The molecule has 1 aromatic rings. The van der Waals surface area contributed by atoms with Crippen molar-refractivity contribution in [2.24, 2.45) is 0 Å². The van der Waals surface area contributed by atoms with Crippen molar-refractivity contribution in [2.75, 3.05) is 26.2 Å². The second-order valence-corrected chi connectivity index (χ2v) is 5.61. The smallest absolute Gasteiger partial charge is 0.390 e. The van der Waals surface area contributed by atoms with Crippen molar-refractivity contribution >= 4 is 24.8 Å². The Bertz CT molecular complexity index is 483. The Morgan fingerprint density at radius 1 is 1.13 bits per heavy atom. The van der Waals surface area contributed by atoms with Gasteiger partial charge in [0.1, 0.15) is 5.75 Å². The molecule has 0 radical (unpaired) electrons. The summed E-state index contributed by atoms with van der Waals surface area (Å²) in [6.45, 7) is 6.11. The number of nitrogens with one attached hydrogen (secondary N) is 1. The minimum atomic E-state index is -4.22. The molecule has 1 aromatic carbocycles. The van der Waals surface area contributed by atoms with Gasteiger partial charge >= 0.3 is 6.18 Å². The number of aromatic hydroxyl groups is 1. The highest BCUT2D eigenvalue weighted by atomic mass is 35.5. The minimum absolute atomic E-state index is 0. The predicted octanol–water partition coefficient (Wildman–Crippen LogP) is 3.75. The zero-order valence-corrected chi connectivity index (χ0v) is 14.7. The standard InChI is InChI=1S/C15H21F3N2O.2ClH/c1-10-7-12(21)8-11(2)14(10)13(9-15(16,17)18)20-5-3-19-4-6-20;;/h7-8,13,19,21H,3-6,9H2,1-2H3;2*1H/t13-;;/m1../s1. The average molecular weight is 375 g/mol. The van der Waals surface area contributed by atoms with Crippen molar-refractivity contribution in [1.82, 2.24) is 10.2 Å². The number of halogens is 5. The Morgan fingerprint density at radius 2 is 1.61 bits per heavy atom. The number of benzene rings is 1. The molecule has 0 bridgehead atoms. The zero-order valence-electron chi connectivity index (χ0n) is 13.1. The van der Waals surface area contributed by atoms with Gasteiger partial charge in [-0.1, -0.05) is 0 Å². The fourth-order valence-corrected chi connectivity index (χ4v) is 3.10. The molecule has 0 amide bonds. The predicted molar refractivity (Wildman–Crippen MR) is 89.9 cm³/mol. The number of phenols is 1. The van der Waals surface area contributed by atoms with Crippen LogP contribution in [0.2, 0.25) is 0 Å². The van der Waals surface area contributed by atoms with Crippen molar-refractivity contribution in [3.63, 3.8) is 0 Å². The van der Waals surface area contributed by atoms with E-state index in [1.165, 1.54) is 12.1 Å². The van der Waals surface area contributed by atoms with Crippen LogP contribution in [0.3, 0.4) is 0 Å². The molecule has 2 N–H and O–H groups in total. The maximum absolute atomic E-state index is 13.0. The lowest BCUT2D eigenvalue weighted by Gasteiger charge is -2.37. The lowest BCUT2D eigenvalue weighted by molar-refractivity contribution is -0.148. The van der Waals surface area contributed by atoms with Crippen LogP contribution in [0.5, 0.6) is 5.75 Å². The topological polar surface area (TPSA) is 35.5 Å². The van der Waals surface area contributed by atoms with E-state index in [0.717, 1.165) is 0 Å². The third kappa shape index (κ3) is 6.03. The fourth-order valence-electron chi connectivity index (χ4n) is 3.10. The molecular formula is C15H23Cl2F3N2O. The zero-order chi connectivity index (χ0) is 15.6. The highest BCUT2D eigenvalue weighted by Crippen LogP contribution is 2.38. The third-order valence-corrected chi connectivity index (χ3v) is 3.93. The first-order valence-electron chi connectivity index (χ1n) is 7.09. The van der Waals surface area contributed by atoms with Gasteiger partial charge in [0.2, 0.25) is 0 Å². The van der Waals surface area contributed by atoms with E-state index in [1.54, 1.807) is 13.8 Å². The molecule has 134 valence electrons. The molecular weight excluding hydrogens is 352 g/mol. The number of nitrogens with zero attached hydrogens (tertiary/aromatic N) is 1. The maximum atomic E-state index is 13.0. The van der Waals surface area contributed by atoms with Crippen molar-refractivity contribution in [2.45, 2.75) is 32.5 Å². The molecule has 0 spiro atoms. The summed E-state index contributed by atoms with van der Waals surface area (Å²) in [5.74, 6) is 0.0971. The van der Waals surface area contributed by atoms with Crippen LogP contribution in [-0.4, -0.2) is 42.4 Å². The van der Waals surface area contributed by atoms with Gasteiger partial charge in [-0.05, 0) is 42.7 Å². The van der Waals surface area contributed by atoms with E-state index in [9.17, 15) is 18.3 Å². The molecule has 0 aromatic heterocycles. The molecule has 1 heterocycles. The SMILES string of the molecule is Cc1cc(O)cc(C)c1[C@@H](CC(F)(F)F)N1CCNCC1.Cl.Cl. The van der Waals surface area contributed by atoms with Crippen LogP contribution in [0.15, 0.2) is 12.1 Å². The molecule has 1 aliphatic heterocycles. The Kier molecular flexibility index (Phi) is 8.70. The van der Waals surface area contributed by atoms with Gasteiger partial charge in [-0.25, -0.2) is 0 Å². The van der Waals surface area contributed by atoms with Gasteiger partial charge in [-0.15, -0.1) is 24.8 Å². The number of hydrogen-bond acceptors (Lipinski definition) is 3. The first-order chi connectivity index (χ1) is 9.78. The number of rotatable bonds is 3. The van der Waals surface area contributed by atoms with Gasteiger partial charge < -0.3 is 10.4 Å². The molecule has 1 saturated heterocycles. The van der Waals surface area contributed by atoms with Crippen LogP contribution in [-0.2, 0) is 0 Å². The van der Waals surface area contributed by atoms with Crippen molar-refractivity contribution in [3.05, 3.63) is 28.8 Å². The number of alkyl halides is 3. The summed E-state index contributed by atoms with van der Waals surface area (Å²) in [4.78, 5) is 1.89. The number of hydrogen-bond donors (Lipinski definition) is 2. The largest absolute Gasteiger partial charge is 0.508 e. The molecule has 1 aliphatic rings. The number of aryl methyl sites for hydroxylation is 2. The Morgan fingerprint density at radius 3 is 2.04 bits per heavy atom. The molecule has 2 rings (SSSR count). The summed E-state index contributed by atoms with van der Waals surface area (Å²) in [6.07, 6.45) is -5.08. The summed E-state index contributed by atoms with van der Waals surface area (Å²) in [5.41, 5.74) is 2.10. The molecule has 3 nitrogen and oxygen atoms in total. The maximum Gasteiger partial charge on any atom is 0.390 e. The first kappa shape index (κ1) is 22.3. The number of phenolic OH excluding ortho intramolecular Hbond substituents is 1. The molecule has 1 fully saturated rings. The average Bonchev–Trinajstić information content (AvgIpc) is 2.36. The summed E-state index contributed by atoms with van der Waals surface area (Å²) in [6, 6.07) is 2.38. The van der Waals surface area contributed by atoms with Gasteiger partial charge in [-0.2, -0.15) is 13.2 Å². The summed E-state index contributed by atoms with van der Waals surface area (Å²) < 4.78 is 39.0. The molecule has 1 atom stereocenters. The van der Waals surface area contributed by atoms with Gasteiger partial charge in [0.05, 0.1) is 6.42 Å². The van der Waals surface area contributed by atoms with Crippen LogP contribution < -0.4 is 5.32 Å². The monoisotopic (exact) mass is 374 g/mol. The van der Waals surface area contributed by atoms with Gasteiger partial charge in [0, 0.05) is 32.2 Å². The lowest BCUT2D eigenvalue weighted by atomic mass is 9.92. The van der Waals surface area contributed by atoms with Crippen LogP contribution in [0.1, 0.15) is 29.2 Å².